The maximum atomic E-state index is 10.3. The van der Waals surface area contributed by atoms with E-state index in [0.717, 1.165) is 5.56 Å². The largest absolute Gasteiger partial charge is 0.508 e. The van der Waals surface area contributed by atoms with E-state index in [1.54, 1.807) is 12.1 Å². The molecule has 29 heavy (non-hydrogen) atoms. The Hall–Kier alpha value is -2.99. The van der Waals surface area contributed by atoms with Gasteiger partial charge >= 0.3 is 0 Å². The minimum Gasteiger partial charge on any atom is -0.508 e. The van der Waals surface area contributed by atoms with Gasteiger partial charge in [0.2, 0.25) is 5.95 Å². The average molecular weight is 402 g/mol. The van der Waals surface area contributed by atoms with Gasteiger partial charge in [0.1, 0.15) is 24.1 Å². The number of nitrogens with two attached hydrogens (primary N) is 1. The molecular formula is C18H22N6O5. The van der Waals surface area contributed by atoms with E-state index in [1.807, 2.05) is 12.1 Å². The molecule has 3 heterocycles. The van der Waals surface area contributed by atoms with Crippen molar-refractivity contribution in [3.8, 4) is 5.75 Å². The number of fused-ring (bicyclic) bond motifs is 1. The van der Waals surface area contributed by atoms with Crippen molar-refractivity contribution in [3.05, 3.63) is 36.2 Å². The lowest BCUT2D eigenvalue weighted by molar-refractivity contribution is -0.0511. The molecule has 0 radical (unpaired) electrons. The number of nitrogen functional groups attached to an aromatic ring is 1. The maximum Gasteiger partial charge on any atom is 0.224 e. The maximum absolute atomic E-state index is 10.3. The summed E-state index contributed by atoms with van der Waals surface area (Å²) in [4.78, 5) is 12.7. The van der Waals surface area contributed by atoms with E-state index in [1.165, 1.54) is 10.9 Å². The molecule has 0 amide bonds. The van der Waals surface area contributed by atoms with Crippen LogP contribution in [-0.2, 0) is 11.2 Å². The van der Waals surface area contributed by atoms with Crippen molar-refractivity contribution in [1.82, 2.24) is 19.5 Å². The standard InChI is InChI=1S/C18H22N6O5/c19-18-22-15(20-6-5-9-1-3-10(26)4-2-9)12-16(23-18)24(8-21-12)17-14(28)13(27)11(7-25)29-17/h1-4,8,11,13-14,17,25-28H,5-7H2,(H3,19,20,22,23)/t11-,13-,14-,17-/m1/s1. The Morgan fingerprint density at radius 3 is 2.59 bits per heavy atom. The number of phenols is 1. The normalized spacial score (nSPS) is 24.2. The molecule has 1 aromatic carbocycles. The third-order valence-electron chi connectivity index (χ3n) is 4.87. The fourth-order valence-electron chi connectivity index (χ4n) is 3.34. The zero-order chi connectivity index (χ0) is 20.5. The molecule has 1 aliphatic heterocycles. The number of aromatic hydroxyl groups is 1. The monoisotopic (exact) mass is 402 g/mol. The van der Waals surface area contributed by atoms with E-state index < -0.39 is 31.1 Å². The van der Waals surface area contributed by atoms with Crippen LogP contribution in [0.3, 0.4) is 0 Å². The minimum atomic E-state index is -1.26. The predicted molar refractivity (Wildman–Crippen MR) is 103 cm³/mol. The van der Waals surface area contributed by atoms with Crippen LogP contribution in [-0.4, -0.2) is 71.4 Å². The van der Waals surface area contributed by atoms with E-state index >= 15 is 0 Å². The molecule has 11 nitrogen and oxygen atoms in total. The lowest BCUT2D eigenvalue weighted by Gasteiger charge is -2.16. The van der Waals surface area contributed by atoms with Crippen LogP contribution in [0.2, 0.25) is 0 Å². The Labute approximate surface area is 165 Å². The van der Waals surface area contributed by atoms with E-state index in [9.17, 15) is 20.4 Å². The number of aliphatic hydroxyl groups is 3. The summed E-state index contributed by atoms with van der Waals surface area (Å²) in [5, 5.41) is 42.1. The summed E-state index contributed by atoms with van der Waals surface area (Å²) < 4.78 is 7.01. The molecule has 3 aromatic rings. The SMILES string of the molecule is Nc1nc(NCCc2ccc(O)cc2)c2ncn([C@@H]3O[C@H](CO)[C@@H](O)[C@H]3O)c2n1. The number of benzene rings is 1. The molecule has 1 saturated heterocycles. The number of nitrogens with one attached hydrogen (secondary N) is 1. The number of hydrogen-bond donors (Lipinski definition) is 6. The summed E-state index contributed by atoms with van der Waals surface area (Å²) in [6.07, 6.45) is -2.26. The molecule has 0 saturated carbocycles. The summed E-state index contributed by atoms with van der Waals surface area (Å²) in [5.41, 5.74) is 7.64. The first-order valence-corrected chi connectivity index (χ1v) is 9.12. The van der Waals surface area contributed by atoms with Gasteiger partial charge in [-0.1, -0.05) is 12.1 Å². The molecule has 1 fully saturated rings. The number of rotatable bonds is 6. The number of hydrogen-bond acceptors (Lipinski definition) is 10. The van der Waals surface area contributed by atoms with Gasteiger partial charge in [0, 0.05) is 6.54 Å². The summed E-state index contributed by atoms with van der Waals surface area (Å²) in [6, 6.07) is 6.91. The Kier molecular flexibility index (Phi) is 5.20. The molecule has 11 heteroatoms. The number of ether oxygens (including phenoxy) is 1. The van der Waals surface area contributed by atoms with Crippen LogP contribution in [0.25, 0.3) is 11.2 Å². The highest BCUT2D eigenvalue weighted by atomic mass is 16.6. The minimum absolute atomic E-state index is 0.0122. The first kappa shape index (κ1) is 19.3. The number of phenolic OH excluding ortho intramolecular Hbond substituents is 1. The van der Waals surface area contributed by atoms with Crippen molar-refractivity contribution in [1.29, 1.82) is 0 Å². The van der Waals surface area contributed by atoms with Gasteiger partial charge < -0.3 is 36.2 Å². The molecule has 0 unspecified atom stereocenters. The zero-order valence-corrected chi connectivity index (χ0v) is 15.4. The number of anilines is 2. The molecule has 4 atom stereocenters. The van der Waals surface area contributed by atoms with Crippen molar-refractivity contribution in [2.24, 2.45) is 0 Å². The topological polar surface area (TPSA) is 172 Å². The van der Waals surface area contributed by atoms with Crippen LogP contribution >= 0.6 is 0 Å². The molecule has 4 rings (SSSR count). The molecule has 0 spiro atoms. The summed E-state index contributed by atoms with van der Waals surface area (Å²) in [6.45, 7) is 0.111. The number of aliphatic hydroxyl groups excluding tert-OH is 3. The van der Waals surface area contributed by atoms with Crippen molar-refractivity contribution in [3.63, 3.8) is 0 Å². The van der Waals surface area contributed by atoms with Gasteiger partial charge in [-0.05, 0) is 24.1 Å². The Morgan fingerprint density at radius 2 is 1.90 bits per heavy atom. The highest BCUT2D eigenvalue weighted by molar-refractivity contribution is 5.84. The summed E-state index contributed by atoms with van der Waals surface area (Å²) >= 11 is 0. The molecule has 154 valence electrons. The van der Waals surface area contributed by atoms with Crippen molar-refractivity contribution >= 4 is 22.9 Å². The zero-order valence-electron chi connectivity index (χ0n) is 15.4. The number of nitrogens with zero attached hydrogens (tertiary/aromatic N) is 4. The van der Waals surface area contributed by atoms with Crippen LogP contribution in [0.4, 0.5) is 11.8 Å². The fraction of sp³-hybridized carbons (Fsp3) is 0.389. The van der Waals surface area contributed by atoms with Gasteiger partial charge in [0.25, 0.3) is 0 Å². The average Bonchev–Trinajstić information content (AvgIpc) is 3.24. The fourth-order valence-corrected chi connectivity index (χ4v) is 3.34. The van der Waals surface area contributed by atoms with E-state index in [2.05, 4.69) is 20.3 Å². The first-order valence-electron chi connectivity index (χ1n) is 9.12. The first-order chi connectivity index (χ1) is 14.0. The van der Waals surface area contributed by atoms with Crippen LogP contribution in [0.15, 0.2) is 30.6 Å². The predicted octanol–water partition coefficient (Wildman–Crippen LogP) is -0.620. The van der Waals surface area contributed by atoms with Gasteiger partial charge in [-0.25, -0.2) is 4.98 Å². The van der Waals surface area contributed by atoms with Gasteiger partial charge in [0.05, 0.1) is 12.9 Å². The highest BCUT2D eigenvalue weighted by Gasteiger charge is 2.44. The van der Waals surface area contributed by atoms with Gasteiger partial charge in [-0.15, -0.1) is 0 Å². The quantitative estimate of drug-likeness (QED) is 0.312. The third kappa shape index (κ3) is 3.68. The second-order valence-corrected chi connectivity index (χ2v) is 6.83. The smallest absolute Gasteiger partial charge is 0.224 e. The second kappa shape index (κ2) is 7.79. The Morgan fingerprint density at radius 1 is 1.14 bits per heavy atom. The van der Waals surface area contributed by atoms with Gasteiger partial charge in [-0.3, -0.25) is 4.57 Å². The Balaban J connectivity index is 1.56. The molecule has 0 bridgehead atoms. The van der Waals surface area contributed by atoms with E-state index in [4.69, 9.17) is 10.5 Å². The van der Waals surface area contributed by atoms with Crippen LogP contribution in [0.1, 0.15) is 11.8 Å². The van der Waals surface area contributed by atoms with Gasteiger partial charge in [-0.2, -0.15) is 9.97 Å². The molecule has 7 N–H and O–H groups in total. The molecule has 2 aromatic heterocycles. The van der Waals surface area contributed by atoms with Crippen LogP contribution in [0, 0.1) is 0 Å². The molecule has 1 aliphatic rings. The van der Waals surface area contributed by atoms with Crippen LogP contribution < -0.4 is 11.1 Å². The number of aromatic nitrogens is 4. The third-order valence-corrected chi connectivity index (χ3v) is 4.87. The highest BCUT2D eigenvalue weighted by Crippen LogP contribution is 2.32. The Bertz CT molecular complexity index is 994. The lowest BCUT2D eigenvalue weighted by atomic mass is 10.1. The van der Waals surface area contributed by atoms with Crippen molar-refractivity contribution < 1.29 is 25.2 Å². The van der Waals surface area contributed by atoms with Gasteiger partial charge in [0.15, 0.2) is 23.2 Å². The van der Waals surface area contributed by atoms with Crippen molar-refractivity contribution in [2.75, 3.05) is 24.2 Å². The van der Waals surface area contributed by atoms with Crippen molar-refractivity contribution in [2.45, 2.75) is 31.0 Å². The van der Waals surface area contributed by atoms with E-state index in [-0.39, 0.29) is 11.7 Å². The summed E-state index contributed by atoms with van der Waals surface area (Å²) in [7, 11) is 0. The van der Waals surface area contributed by atoms with Crippen LogP contribution in [0.5, 0.6) is 5.75 Å². The second-order valence-electron chi connectivity index (χ2n) is 6.83. The van der Waals surface area contributed by atoms with E-state index in [0.29, 0.717) is 29.9 Å². The molecule has 0 aliphatic carbocycles. The molecular weight excluding hydrogens is 380 g/mol. The lowest BCUT2D eigenvalue weighted by Crippen LogP contribution is -2.33. The summed E-state index contributed by atoms with van der Waals surface area (Å²) in [5.74, 6) is 0.650. The number of imidazole rings is 1.